The van der Waals surface area contributed by atoms with Crippen LogP contribution in [-0.4, -0.2) is 52.1 Å². The minimum Gasteiger partial charge on any atom is -0.464 e. The molecule has 6 atom stereocenters. The van der Waals surface area contributed by atoms with Crippen LogP contribution in [0.4, 0.5) is 0 Å². The van der Waals surface area contributed by atoms with Gasteiger partial charge in [0.2, 0.25) is 0 Å². The van der Waals surface area contributed by atoms with Crippen LogP contribution in [-0.2, 0) is 23.4 Å². The Morgan fingerprint density at radius 2 is 2.06 bits per heavy atom. The Morgan fingerprint density at radius 3 is 2.69 bits per heavy atom. The number of carbonyl (C=O) groups excluding carboxylic acids is 1. The Labute approximate surface area is 207 Å². The van der Waals surface area contributed by atoms with E-state index in [1.54, 1.807) is 37.3 Å². The number of esters is 1. The molecule has 1 aliphatic rings. The molecule has 0 aliphatic carbocycles. The van der Waals surface area contributed by atoms with Gasteiger partial charge in [0.05, 0.1) is 19.3 Å². The summed E-state index contributed by atoms with van der Waals surface area (Å²) < 4.78 is 36.9. The number of aliphatic hydroxyl groups excluding tert-OH is 1. The van der Waals surface area contributed by atoms with Gasteiger partial charge in [-0.05, 0) is 18.6 Å². The lowest BCUT2D eigenvalue weighted by atomic mass is 10.0. The number of hydrogen-bond acceptors (Lipinski definition) is 9. The fraction of sp³-hybridized carbons (Fsp3) is 0.435. The van der Waals surface area contributed by atoms with Crippen molar-refractivity contribution in [3.05, 3.63) is 76.1 Å². The minimum absolute atomic E-state index is 0.168. The molecule has 0 unspecified atom stereocenters. The second kappa shape index (κ2) is 12.3. The fourth-order valence-electron chi connectivity index (χ4n) is 3.52. The SMILES string of the molecule is C=C[C@H](N[P@](=O)(OC[C@H]1O[C@@H](n2ccc(=O)[nH]c2=O)[C@@H](C)[C@@H]1O)Oc1ccccc1)C(=O)OCCC. The van der Waals surface area contributed by atoms with Crippen molar-refractivity contribution in [3.63, 3.8) is 0 Å². The smallest absolute Gasteiger partial charge is 0.459 e. The quantitative estimate of drug-likeness (QED) is 0.213. The Balaban J connectivity index is 1.77. The first-order valence-electron chi connectivity index (χ1n) is 11.4. The molecule has 2 aromatic rings. The van der Waals surface area contributed by atoms with Gasteiger partial charge < -0.3 is 19.1 Å². The van der Waals surface area contributed by atoms with Crippen molar-refractivity contribution in [1.29, 1.82) is 0 Å². The van der Waals surface area contributed by atoms with Crippen LogP contribution in [0.25, 0.3) is 0 Å². The molecule has 3 rings (SSSR count). The molecule has 13 heteroatoms. The zero-order valence-corrected chi connectivity index (χ0v) is 20.8. The third-order valence-electron chi connectivity index (χ3n) is 5.42. The molecule has 196 valence electrons. The molecule has 1 fully saturated rings. The van der Waals surface area contributed by atoms with Gasteiger partial charge in [-0.1, -0.05) is 38.1 Å². The summed E-state index contributed by atoms with van der Waals surface area (Å²) in [5.41, 5.74) is -1.27. The van der Waals surface area contributed by atoms with E-state index < -0.39 is 62.0 Å². The van der Waals surface area contributed by atoms with Gasteiger partial charge in [-0.15, -0.1) is 6.58 Å². The lowest BCUT2D eigenvalue weighted by Crippen LogP contribution is -2.37. The van der Waals surface area contributed by atoms with Crippen LogP contribution in [0.15, 0.2) is 64.8 Å². The van der Waals surface area contributed by atoms with Crippen molar-refractivity contribution >= 4 is 13.7 Å². The Hall–Kier alpha value is -3.02. The molecule has 0 bridgehead atoms. The third kappa shape index (κ3) is 6.80. The van der Waals surface area contributed by atoms with E-state index in [-0.39, 0.29) is 12.4 Å². The van der Waals surface area contributed by atoms with Crippen LogP contribution < -0.4 is 20.9 Å². The lowest BCUT2D eigenvalue weighted by Gasteiger charge is -2.25. The van der Waals surface area contributed by atoms with Gasteiger partial charge in [0.1, 0.15) is 24.1 Å². The highest BCUT2D eigenvalue weighted by Gasteiger charge is 2.44. The maximum absolute atomic E-state index is 13.7. The molecule has 2 heterocycles. The van der Waals surface area contributed by atoms with Crippen molar-refractivity contribution in [2.24, 2.45) is 5.92 Å². The first-order chi connectivity index (χ1) is 17.2. The number of para-hydroxylation sites is 1. The number of nitrogens with zero attached hydrogens (tertiary/aromatic N) is 1. The monoisotopic (exact) mass is 523 g/mol. The van der Waals surface area contributed by atoms with Crippen LogP contribution in [0.5, 0.6) is 5.75 Å². The minimum atomic E-state index is -4.24. The van der Waals surface area contributed by atoms with Crippen LogP contribution in [0.1, 0.15) is 26.5 Å². The van der Waals surface area contributed by atoms with Crippen molar-refractivity contribution in [2.75, 3.05) is 13.2 Å². The second-order valence-corrected chi connectivity index (χ2v) is 9.83. The molecule has 0 spiro atoms. The Morgan fingerprint density at radius 1 is 1.33 bits per heavy atom. The van der Waals surface area contributed by atoms with E-state index >= 15 is 0 Å². The van der Waals surface area contributed by atoms with E-state index in [4.69, 9.17) is 18.5 Å². The molecule has 1 aromatic heterocycles. The number of benzene rings is 1. The van der Waals surface area contributed by atoms with Gasteiger partial charge in [0.25, 0.3) is 5.56 Å². The van der Waals surface area contributed by atoms with Gasteiger partial charge in [0.15, 0.2) is 0 Å². The molecule has 1 aromatic carbocycles. The van der Waals surface area contributed by atoms with Gasteiger partial charge in [-0.25, -0.2) is 14.2 Å². The predicted octanol–water partition coefficient (Wildman–Crippen LogP) is 1.73. The lowest BCUT2D eigenvalue weighted by molar-refractivity contribution is -0.144. The molecule has 0 amide bonds. The standard InChI is InChI=1S/C23H30N3O9P/c1-4-13-32-22(29)17(5-2)25-36(31,35-16-9-7-6-8-10-16)33-14-18-20(28)15(3)21(34-18)26-12-11-19(27)24-23(26)30/h5-12,15,17-18,20-21,28H,2,4,13-14H2,1,3H3,(H,25,31)(H,24,27,30)/t15-,17-,18+,20-,21+,36-/m0/s1. The normalized spacial score (nSPS) is 24.0. The average Bonchev–Trinajstić information content (AvgIpc) is 3.14. The number of ether oxygens (including phenoxy) is 2. The zero-order valence-electron chi connectivity index (χ0n) is 19.9. The number of rotatable bonds is 12. The first kappa shape index (κ1) is 27.6. The van der Waals surface area contributed by atoms with E-state index in [2.05, 4.69) is 16.7 Å². The molecule has 12 nitrogen and oxygen atoms in total. The number of carbonyl (C=O) groups is 1. The third-order valence-corrected chi connectivity index (χ3v) is 6.96. The summed E-state index contributed by atoms with van der Waals surface area (Å²) in [7, 11) is -4.24. The maximum Gasteiger partial charge on any atom is 0.459 e. The van der Waals surface area contributed by atoms with Crippen LogP contribution >= 0.6 is 7.75 Å². The van der Waals surface area contributed by atoms with Crippen molar-refractivity contribution in [3.8, 4) is 5.75 Å². The number of hydrogen-bond donors (Lipinski definition) is 3. The number of aliphatic hydroxyl groups is 1. The summed E-state index contributed by atoms with van der Waals surface area (Å²) in [6.45, 7) is 6.82. The van der Waals surface area contributed by atoms with Gasteiger partial charge in [0, 0.05) is 18.2 Å². The molecule has 0 radical (unpaired) electrons. The van der Waals surface area contributed by atoms with Crippen molar-refractivity contribution in [2.45, 2.75) is 44.7 Å². The maximum atomic E-state index is 13.7. The van der Waals surface area contributed by atoms with E-state index in [1.165, 1.54) is 12.3 Å². The summed E-state index contributed by atoms with van der Waals surface area (Å²) in [5, 5.41) is 13.2. The summed E-state index contributed by atoms with van der Waals surface area (Å²) in [4.78, 5) is 38.1. The highest BCUT2D eigenvalue weighted by molar-refractivity contribution is 7.52. The van der Waals surface area contributed by atoms with Crippen molar-refractivity contribution in [1.82, 2.24) is 14.6 Å². The van der Waals surface area contributed by atoms with Crippen LogP contribution in [0.2, 0.25) is 0 Å². The number of aromatic amines is 1. The second-order valence-electron chi connectivity index (χ2n) is 8.14. The summed E-state index contributed by atoms with van der Waals surface area (Å²) in [5.74, 6) is -1.08. The largest absolute Gasteiger partial charge is 0.464 e. The van der Waals surface area contributed by atoms with Crippen LogP contribution in [0.3, 0.4) is 0 Å². The predicted molar refractivity (Wildman–Crippen MR) is 129 cm³/mol. The van der Waals surface area contributed by atoms with E-state index in [9.17, 15) is 24.1 Å². The van der Waals surface area contributed by atoms with Gasteiger partial charge >= 0.3 is 19.4 Å². The number of aromatic nitrogens is 2. The van der Waals surface area contributed by atoms with E-state index in [1.807, 2.05) is 6.92 Å². The topological polar surface area (TPSA) is 158 Å². The molecular weight excluding hydrogens is 493 g/mol. The van der Waals surface area contributed by atoms with Crippen molar-refractivity contribution < 1.29 is 33.0 Å². The molecular formula is C23H30N3O9P. The van der Waals surface area contributed by atoms with E-state index in [0.717, 1.165) is 10.6 Å². The number of nitrogens with one attached hydrogen (secondary N) is 2. The molecule has 1 saturated heterocycles. The first-order valence-corrected chi connectivity index (χ1v) is 12.9. The molecule has 36 heavy (non-hydrogen) atoms. The van der Waals surface area contributed by atoms with Gasteiger partial charge in [-0.3, -0.25) is 18.9 Å². The Bertz CT molecular complexity index is 1200. The van der Waals surface area contributed by atoms with E-state index in [0.29, 0.717) is 6.42 Å². The number of H-pyrrole nitrogens is 1. The summed E-state index contributed by atoms with van der Waals surface area (Å²) in [6.07, 6.45) is 0.0458. The highest BCUT2D eigenvalue weighted by Crippen LogP contribution is 2.46. The van der Waals surface area contributed by atoms with Gasteiger partial charge in [-0.2, -0.15) is 5.09 Å². The zero-order chi connectivity index (χ0) is 26.3. The average molecular weight is 523 g/mol. The summed E-state index contributed by atoms with van der Waals surface area (Å²) >= 11 is 0. The van der Waals surface area contributed by atoms with Crippen LogP contribution in [0, 0.1) is 5.92 Å². The Kier molecular flexibility index (Phi) is 9.41. The molecule has 0 saturated carbocycles. The fourth-order valence-corrected chi connectivity index (χ4v) is 5.00. The summed E-state index contributed by atoms with van der Waals surface area (Å²) in [6, 6.07) is 8.13. The molecule has 3 N–H and O–H groups in total. The molecule has 1 aliphatic heterocycles. The highest BCUT2D eigenvalue weighted by atomic mass is 31.2.